The van der Waals surface area contributed by atoms with Crippen LogP contribution < -0.4 is 19.7 Å². The fraction of sp³-hybridized carbons (Fsp3) is 0.276. The van der Waals surface area contributed by atoms with Gasteiger partial charge in [0.25, 0.3) is 11.8 Å². The SMILES string of the molecule is Cc1cccc(C)c1Oc1ccnc(C(=O)N[C@H]2COc3ccc(C#CC(C)(C)O)cc3N(C)C2=O)c1. The molecule has 0 fully saturated rings. The van der Waals surface area contributed by atoms with Crippen LogP contribution in [0.15, 0.2) is 54.7 Å². The number of likely N-dealkylation sites (N-methyl/N-ethyl adjacent to an activating group) is 1. The first-order valence-electron chi connectivity index (χ1n) is 11.8. The van der Waals surface area contributed by atoms with Crippen molar-refractivity contribution in [2.45, 2.75) is 39.3 Å². The number of hydrogen-bond acceptors (Lipinski definition) is 6. The van der Waals surface area contributed by atoms with Crippen LogP contribution in [0.3, 0.4) is 0 Å². The molecule has 2 aromatic carbocycles. The standard InChI is InChI=1S/C29H29N3O5/c1-18-7-6-8-19(2)26(18)37-21-12-14-30-22(16-21)27(33)31-23-17-36-25-10-9-20(11-13-29(3,4)35)15-24(25)32(5)28(23)34/h6-10,12,14-16,23,35H,17H2,1-5H3,(H,31,33)/t23-/m0/s1. The van der Waals surface area contributed by atoms with Crippen LogP contribution in [0.1, 0.15) is 41.0 Å². The van der Waals surface area contributed by atoms with Crippen LogP contribution in [0.25, 0.3) is 0 Å². The predicted molar refractivity (Wildman–Crippen MR) is 140 cm³/mol. The summed E-state index contributed by atoms with van der Waals surface area (Å²) in [5.74, 6) is 6.46. The number of amides is 2. The van der Waals surface area contributed by atoms with Crippen molar-refractivity contribution in [3.05, 3.63) is 77.1 Å². The highest BCUT2D eigenvalue weighted by Crippen LogP contribution is 2.32. The molecular formula is C29H29N3O5. The first kappa shape index (κ1) is 25.7. The molecule has 8 nitrogen and oxygen atoms in total. The van der Waals surface area contributed by atoms with Gasteiger partial charge in [-0.15, -0.1) is 0 Å². The van der Waals surface area contributed by atoms with Crippen molar-refractivity contribution in [2.75, 3.05) is 18.6 Å². The van der Waals surface area contributed by atoms with Crippen LogP contribution in [0.4, 0.5) is 5.69 Å². The van der Waals surface area contributed by atoms with E-state index in [1.54, 1.807) is 45.2 Å². The van der Waals surface area contributed by atoms with E-state index in [4.69, 9.17) is 9.47 Å². The summed E-state index contributed by atoms with van der Waals surface area (Å²) >= 11 is 0. The monoisotopic (exact) mass is 499 g/mol. The summed E-state index contributed by atoms with van der Waals surface area (Å²) in [5, 5.41) is 12.6. The quantitative estimate of drug-likeness (QED) is 0.530. The molecule has 0 spiro atoms. The van der Waals surface area contributed by atoms with Gasteiger partial charge >= 0.3 is 0 Å². The average Bonchev–Trinajstić information content (AvgIpc) is 2.97. The minimum atomic E-state index is -1.14. The summed E-state index contributed by atoms with van der Waals surface area (Å²) in [7, 11) is 1.61. The van der Waals surface area contributed by atoms with E-state index in [-0.39, 0.29) is 18.2 Å². The lowest BCUT2D eigenvalue weighted by molar-refractivity contribution is -0.120. The normalized spacial score (nSPS) is 15.0. The first-order chi connectivity index (χ1) is 17.5. The van der Waals surface area contributed by atoms with Gasteiger partial charge in [0.2, 0.25) is 0 Å². The fourth-order valence-corrected chi connectivity index (χ4v) is 3.81. The second kappa shape index (κ2) is 10.3. The molecule has 0 unspecified atom stereocenters. The van der Waals surface area contributed by atoms with Gasteiger partial charge in [0.1, 0.15) is 41.2 Å². The number of hydrogen-bond donors (Lipinski definition) is 2. The molecule has 1 aromatic heterocycles. The summed E-state index contributed by atoms with van der Waals surface area (Å²) in [4.78, 5) is 31.8. The lowest BCUT2D eigenvalue weighted by Crippen LogP contribution is -2.49. The predicted octanol–water partition coefficient (Wildman–Crippen LogP) is 3.77. The fourth-order valence-electron chi connectivity index (χ4n) is 3.81. The van der Waals surface area contributed by atoms with Crippen molar-refractivity contribution >= 4 is 17.5 Å². The van der Waals surface area contributed by atoms with E-state index in [0.29, 0.717) is 22.7 Å². The van der Waals surface area contributed by atoms with E-state index < -0.39 is 17.6 Å². The Morgan fingerprint density at radius 3 is 2.62 bits per heavy atom. The number of carbonyl (C=O) groups is 2. The van der Waals surface area contributed by atoms with Gasteiger partial charge in [-0.05, 0) is 63.1 Å². The van der Waals surface area contributed by atoms with Gasteiger partial charge in [0.15, 0.2) is 0 Å². The third-order valence-corrected chi connectivity index (χ3v) is 5.77. The Hall–Kier alpha value is -4.35. The first-order valence-corrected chi connectivity index (χ1v) is 11.8. The number of aryl methyl sites for hydroxylation is 2. The Morgan fingerprint density at radius 2 is 1.92 bits per heavy atom. The van der Waals surface area contributed by atoms with E-state index in [0.717, 1.165) is 16.9 Å². The number of aliphatic hydroxyl groups is 1. The highest BCUT2D eigenvalue weighted by Gasteiger charge is 2.31. The molecule has 8 heteroatoms. The van der Waals surface area contributed by atoms with Gasteiger partial charge in [0.05, 0.1) is 5.69 Å². The number of para-hydroxylation sites is 1. The lowest BCUT2D eigenvalue weighted by atomic mass is 10.1. The summed E-state index contributed by atoms with van der Waals surface area (Å²) in [6.45, 7) is 7.04. The van der Waals surface area contributed by atoms with Crippen molar-refractivity contribution < 1.29 is 24.2 Å². The number of rotatable bonds is 4. The molecule has 2 N–H and O–H groups in total. The van der Waals surface area contributed by atoms with Gasteiger partial charge in [-0.1, -0.05) is 30.0 Å². The van der Waals surface area contributed by atoms with Gasteiger partial charge < -0.3 is 24.8 Å². The Kier molecular flexibility index (Phi) is 7.18. The molecule has 1 aliphatic heterocycles. The zero-order chi connectivity index (χ0) is 26.7. The molecule has 4 rings (SSSR count). The summed E-state index contributed by atoms with van der Waals surface area (Å²) in [6.07, 6.45) is 1.49. The second-order valence-electron chi connectivity index (χ2n) is 9.43. The van der Waals surface area contributed by atoms with E-state index in [2.05, 4.69) is 22.1 Å². The Bertz CT molecular complexity index is 1390. The number of ether oxygens (including phenoxy) is 2. The molecule has 0 saturated heterocycles. The molecule has 1 atom stereocenters. The minimum Gasteiger partial charge on any atom is -0.489 e. The number of anilines is 1. The van der Waals surface area contributed by atoms with Crippen LogP contribution in [0.5, 0.6) is 17.2 Å². The Labute approximate surface area is 216 Å². The zero-order valence-electron chi connectivity index (χ0n) is 21.5. The highest BCUT2D eigenvalue weighted by atomic mass is 16.5. The van der Waals surface area contributed by atoms with E-state index in [1.807, 2.05) is 32.0 Å². The molecule has 190 valence electrons. The van der Waals surface area contributed by atoms with Crippen molar-refractivity contribution in [1.29, 1.82) is 0 Å². The van der Waals surface area contributed by atoms with Gasteiger partial charge in [-0.2, -0.15) is 0 Å². The van der Waals surface area contributed by atoms with Crippen LogP contribution >= 0.6 is 0 Å². The molecular weight excluding hydrogens is 470 g/mol. The maximum atomic E-state index is 13.2. The number of carbonyl (C=O) groups excluding carboxylic acids is 2. The molecule has 2 amide bonds. The Morgan fingerprint density at radius 1 is 1.19 bits per heavy atom. The molecule has 37 heavy (non-hydrogen) atoms. The zero-order valence-corrected chi connectivity index (χ0v) is 21.5. The molecule has 0 saturated carbocycles. The summed E-state index contributed by atoms with van der Waals surface area (Å²) in [5.41, 5.74) is 2.06. The van der Waals surface area contributed by atoms with Gasteiger partial charge in [-0.25, -0.2) is 0 Å². The molecule has 3 aromatic rings. The number of aromatic nitrogens is 1. The molecule has 1 aliphatic rings. The minimum absolute atomic E-state index is 0.0464. The van der Waals surface area contributed by atoms with Crippen LogP contribution in [0.2, 0.25) is 0 Å². The van der Waals surface area contributed by atoms with E-state index in [1.165, 1.54) is 17.2 Å². The lowest BCUT2D eigenvalue weighted by Gasteiger charge is -2.20. The number of fused-ring (bicyclic) bond motifs is 1. The summed E-state index contributed by atoms with van der Waals surface area (Å²) in [6, 6.07) is 13.3. The van der Waals surface area contributed by atoms with Crippen molar-refractivity contribution in [3.8, 4) is 29.1 Å². The highest BCUT2D eigenvalue weighted by molar-refractivity contribution is 6.03. The number of pyridine rings is 1. The molecule has 0 radical (unpaired) electrons. The topological polar surface area (TPSA) is 101 Å². The van der Waals surface area contributed by atoms with E-state index in [9.17, 15) is 14.7 Å². The van der Waals surface area contributed by atoms with Gasteiger partial charge in [0, 0.05) is 24.9 Å². The third kappa shape index (κ3) is 6.08. The second-order valence-corrected chi connectivity index (χ2v) is 9.43. The third-order valence-electron chi connectivity index (χ3n) is 5.77. The van der Waals surface area contributed by atoms with Crippen molar-refractivity contribution in [2.24, 2.45) is 0 Å². The summed E-state index contributed by atoms with van der Waals surface area (Å²) < 4.78 is 11.9. The smallest absolute Gasteiger partial charge is 0.270 e. The molecule has 0 aliphatic carbocycles. The van der Waals surface area contributed by atoms with Crippen molar-refractivity contribution in [3.63, 3.8) is 0 Å². The molecule has 0 bridgehead atoms. The number of nitrogens with one attached hydrogen (secondary N) is 1. The van der Waals surface area contributed by atoms with E-state index >= 15 is 0 Å². The number of nitrogens with zero attached hydrogens (tertiary/aromatic N) is 2. The van der Waals surface area contributed by atoms with Crippen LogP contribution in [0, 0.1) is 25.7 Å². The van der Waals surface area contributed by atoms with Crippen LogP contribution in [-0.2, 0) is 4.79 Å². The maximum Gasteiger partial charge on any atom is 0.270 e. The number of benzene rings is 2. The van der Waals surface area contributed by atoms with Crippen molar-refractivity contribution in [1.82, 2.24) is 10.3 Å². The van der Waals surface area contributed by atoms with Crippen LogP contribution in [-0.4, -0.2) is 47.2 Å². The average molecular weight is 500 g/mol. The van der Waals surface area contributed by atoms with Gasteiger partial charge in [-0.3, -0.25) is 14.6 Å². The molecule has 2 heterocycles. The maximum absolute atomic E-state index is 13.2. The Balaban J connectivity index is 1.50. The largest absolute Gasteiger partial charge is 0.489 e.